The second kappa shape index (κ2) is 8.22. The van der Waals surface area contributed by atoms with Crippen molar-refractivity contribution in [1.82, 2.24) is 0 Å². The maximum absolute atomic E-state index is 7.00. The molecule has 0 saturated heterocycles. The summed E-state index contributed by atoms with van der Waals surface area (Å²) in [4.78, 5) is 0. The average Bonchev–Trinajstić information content (AvgIpc) is 2.71. The molecule has 1 atom stereocenters. The highest BCUT2D eigenvalue weighted by Crippen LogP contribution is 2.20. The van der Waals surface area contributed by atoms with Crippen molar-refractivity contribution in [3.8, 4) is 0 Å². The van der Waals surface area contributed by atoms with E-state index in [9.17, 15) is 0 Å². The van der Waals surface area contributed by atoms with E-state index >= 15 is 0 Å². The molecule has 2 rings (SSSR count). The highest BCUT2D eigenvalue weighted by atomic mass is 31.0. The van der Waals surface area contributed by atoms with Crippen LogP contribution in [0.1, 0.15) is 17.5 Å². The van der Waals surface area contributed by atoms with E-state index in [-0.39, 0.29) is 0 Å². The molecule has 0 fully saturated rings. The number of aliphatic hydroxyl groups is 1. The summed E-state index contributed by atoms with van der Waals surface area (Å²) in [7, 11) is 3.42. The minimum Gasteiger partial charge on any atom is -0.400 e. The van der Waals surface area contributed by atoms with E-state index in [2.05, 4.69) is 33.5 Å². The molecular weight excluding hydrogens is 179 g/mol. The van der Waals surface area contributed by atoms with Gasteiger partial charge in [0.15, 0.2) is 0 Å². The number of hydrogen-bond donors (Lipinski definition) is 1. The molecule has 1 aliphatic rings. The van der Waals surface area contributed by atoms with Gasteiger partial charge in [0, 0.05) is 7.11 Å². The number of aryl methyl sites for hydroxylation is 2. The highest BCUT2D eigenvalue weighted by molar-refractivity contribution is 7.15. The molecule has 13 heavy (non-hydrogen) atoms. The number of hydrogen-bond acceptors (Lipinski definition) is 1. The average molecular weight is 198 g/mol. The Morgan fingerprint density at radius 3 is 1.77 bits per heavy atom. The fourth-order valence-electron chi connectivity index (χ4n) is 1.51. The summed E-state index contributed by atoms with van der Waals surface area (Å²) < 4.78 is 0. The first-order valence-electron chi connectivity index (χ1n) is 4.56. The molecule has 0 saturated carbocycles. The smallest absolute Gasteiger partial charge is 0.0319 e. The van der Waals surface area contributed by atoms with Crippen LogP contribution in [0.25, 0.3) is 0 Å². The van der Waals surface area contributed by atoms with Crippen LogP contribution in [0.4, 0.5) is 0 Å². The van der Waals surface area contributed by atoms with Gasteiger partial charge in [0.25, 0.3) is 0 Å². The molecule has 2 heteroatoms. The van der Waals surface area contributed by atoms with Crippen LogP contribution in [0, 0.1) is 0 Å². The molecule has 0 aliphatic heterocycles. The second-order valence-electron chi connectivity index (χ2n) is 2.62. The van der Waals surface area contributed by atoms with Gasteiger partial charge in [-0.1, -0.05) is 30.9 Å². The predicted molar refractivity (Wildman–Crippen MR) is 62.2 cm³/mol. The van der Waals surface area contributed by atoms with Crippen LogP contribution in [0.3, 0.4) is 0 Å². The topological polar surface area (TPSA) is 20.2 Å². The normalized spacial score (nSPS) is 11.7. The zero-order valence-corrected chi connectivity index (χ0v) is 9.61. The van der Waals surface area contributed by atoms with Crippen molar-refractivity contribution in [1.29, 1.82) is 0 Å². The summed E-state index contributed by atoms with van der Waals surface area (Å²) in [6.45, 7) is 1.92. The summed E-state index contributed by atoms with van der Waals surface area (Å²) in [5.41, 5.74) is 3.13. The molecule has 0 bridgehead atoms. The van der Waals surface area contributed by atoms with E-state index < -0.39 is 0 Å². The molecule has 0 amide bonds. The zero-order chi connectivity index (χ0) is 10.1. The van der Waals surface area contributed by atoms with E-state index in [1.807, 2.05) is 6.66 Å². The van der Waals surface area contributed by atoms with Crippen LogP contribution in [-0.4, -0.2) is 18.9 Å². The van der Waals surface area contributed by atoms with E-state index in [1.54, 1.807) is 11.1 Å². The summed E-state index contributed by atoms with van der Waals surface area (Å²) >= 11 is 0. The van der Waals surface area contributed by atoms with Gasteiger partial charge in [-0.2, -0.15) is 0 Å². The molecule has 0 heterocycles. The van der Waals surface area contributed by atoms with Crippen molar-refractivity contribution < 1.29 is 5.11 Å². The quantitative estimate of drug-likeness (QED) is 0.634. The lowest BCUT2D eigenvalue weighted by Gasteiger charge is -1.93. The number of rotatable bonds is 0. The van der Waals surface area contributed by atoms with Gasteiger partial charge in [-0.25, -0.2) is 0 Å². The minimum atomic E-state index is 1.00. The Morgan fingerprint density at radius 2 is 1.38 bits per heavy atom. The molecule has 1 nitrogen and oxygen atoms in total. The van der Waals surface area contributed by atoms with Gasteiger partial charge in [0.1, 0.15) is 0 Å². The lowest BCUT2D eigenvalue weighted by atomic mass is 10.1. The third-order valence-corrected chi connectivity index (χ3v) is 2.01. The van der Waals surface area contributed by atoms with Gasteiger partial charge in [0.2, 0.25) is 0 Å². The fourth-order valence-corrected chi connectivity index (χ4v) is 1.51. The molecule has 0 aromatic heterocycles. The van der Waals surface area contributed by atoms with Crippen LogP contribution in [0.2, 0.25) is 0 Å². The monoisotopic (exact) mass is 198 g/mol. The Hall–Kier alpha value is -0.390. The minimum absolute atomic E-state index is 1.00. The van der Waals surface area contributed by atoms with E-state index in [0.29, 0.717) is 0 Å². The Labute approximate surface area is 83.4 Å². The third kappa shape index (κ3) is 3.89. The predicted octanol–water partition coefficient (Wildman–Crippen LogP) is 2.28. The molecule has 74 valence electrons. The van der Waals surface area contributed by atoms with Crippen LogP contribution in [0.15, 0.2) is 24.3 Å². The Kier molecular flexibility index (Phi) is 7.97. The van der Waals surface area contributed by atoms with Crippen molar-refractivity contribution in [3.63, 3.8) is 0 Å². The van der Waals surface area contributed by atoms with Gasteiger partial charge in [-0.05, 0) is 30.4 Å². The maximum atomic E-state index is 7.00. The number of fused-ring (bicyclic) bond motifs is 1. The van der Waals surface area contributed by atoms with Gasteiger partial charge >= 0.3 is 0 Å². The van der Waals surface area contributed by atoms with E-state index in [4.69, 9.17) is 5.11 Å². The van der Waals surface area contributed by atoms with Crippen LogP contribution in [0.5, 0.6) is 0 Å². The Morgan fingerprint density at radius 1 is 1.00 bits per heavy atom. The first kappa shape index (κ1) is 12.6. The van der Waals surface area contributed by atoms with E-state index in [1.165, 1.54) is 19.3 Å². The van der Waals surface area contributed by atoms with Crippen molar-refractivity contribution >= 4 is 9.24 Å². The standard InChI is InChI=1S/C9H10.CH4O.CH5P/c1-2-5-9-7-3-6-8(9)4-1;2*1-2/h1-2,4-5H,3,6-7H2;2H,1H3;2H2,1H3. The lowest BCUT2D eigenvalue weighted by molar-refractivity contribution is 0.399. The molecule has 1 unspecified atom stereocenters. The van der Waals surface area contributed by atoms with Gasteiger partial charge in [-0.15, -0.1) is 9.24 Å². The number of aliphatic hydroxyl groups excluding tert-OH is 1. The molecule has 0 radical (unpaired) electrons. The summed E-state index contributed by atoms with van der Waals surface area (Å²) in [6, 6.07) is 8.74. The first-order chi connectivity index (χ1) is 6.47. The number of benzene rings is 1. The highest BCUT2D eigenvalue weighted by Gasteiger charge is 2.07. The lowest BCUT2D eigenvalue weighted by Crippen LogP contribution is -1.77. The molecule has 1 aliphatic carbocycles. The largest absolute Gasteiger partial charge is 0.400 e. The molecule has 1 aromatic carbocycles. The first-order valence-corrected chi connectivity index (χ1v) is 5.71. The SMILES string of the molecule is CO.CP.c1ccc2c(c1)CCC2. The second-order valence-corrected chi connectivity index (χ2v) is 2.62. The molecule has 0 spiro atoms. The van der Waals surface area contributed by atoms with E-state index in [0.717, 1.165) is 7.11 Å². The third-order valence-electron chi connectivity index (χ3n) is 2.01. The molecule has 1 N–H and O–H groups in total. The summed E-state index contributed by atoms with van der Waals surface area (Å²) in [5.74, 6) is 0. The Bertz CT molecular complexity index is 200. The van der Waals surface area contributed by atoms with Crippen molar-refractivity contribution in [2.75, 3.05) is 13.8 Å². The van der Waals surface area contributed by atoms with Crippen LogP contribution >= 0.6 is 9.24 Å². The maximum Gasteiger partial charge on any atom is 0.0319 e. The fraction of sp³-hybridized carbons (Fsp3) is 0.455. The summed E-state index contributed by atoms with van der Waals surface area (Å²) in [6.07, 6.45) is 3.96. The van der Waals surface area contributed by atoms with Crippen molar-refractivity contribution in [2.24, 2.45) is 0 Å². The Balaban J connectivity index is 0.000000322. The van der Waals surface area contributed by atoms with Crippen molar-refractivity contribution in [2.45, 2.75) is 19.3 Å². The van der Waals surface area contributed by atoms with Gasteiger partial charge < -0.3 is 5.11 Å². The van der Waals surface area contributed by atoms with Crippen molar-refractivity contribution in [3.05, 3.63) is 35.4 Å². The van der Waals surface area contributed by atoms with Gasteiger partial charge in [0.05, 0.1) is 0 Å². The zero-order valence-electron chi connectivity index (χ0n) is 8.46. The summed E-state index contributed by atoms with van der Waals surface area (Å²) in [5, 5.41) is 7.00. The van der Waals surface area contributed by atoms with Gasteiger partial charge in [-0.3, -0.25) is 0 Å². The molecular formula is C11H19OP. The van der Waals surface area contributed by atoms with Crippen LogP contribution < -0.4 is 0 Å². The van der Waals surface area contributed by atoms with Crippen LogP contribution in [-0.2, 0) is 12.8 Å². The molecule has 1 aromatic rings.